The Bertz CT molecular complexity index is 337. The van der Waals surface area contributed by atoms with E-state index in [9.17, 15) is 9.18 Å². The van der Waals surface area contributed by atoms with Gasteiger partial charge in [0.2, 0.25) is 0 Å². The molecule has 0 bridgehead atoms. The number of anilines is 1. The molecule has 0 spiro atoms. The largest absolute Gasteiger partial charge is 0.480 e. The van der Waals surface area contributed by atoms with Crippen LogP contribution in [-0.4, -0.2) is 23.7 Å². The van der Waals surface area contributed by atoms with Crippen LogP contribution in [0.5, 0.6) is 0 Å². The van der Waals surface area contributed by atoms with Crippen molar-refractivity contribution in [3.05, 3.63) is 30.1 Å². The Hall–Kier alpha value is -1.58. The number of carboxylic acid groups (broad SMARTS) is 1. The van der Waals surface area contributed by atoms with E-state index in [-0.39, 0.29) is 5.82 Å². The van der Waals surface area contributed by atoms with Crippen LogP contribution in [0.25, 0.3) is 0 Å². The van der Waals surface area contributed by atoms with E-state index < -0.39 is 12.0 Å². The van der Waals surface area contributed by atoms with E-state index in [0.717, 1.165) is 0 Å². The van der Waals surface area contributed by atoms with Gasteiger partial charge in [0.15, 0.2) is 0 Å². The van der Waals surface area contributed by atoms with Crippen LogP contribution in [-0.2, 0) is 4.79 Å². The fraction of sp³-hybridized carbons (Fsp3) is 0.364. The number of nitrogens with zero attached hydrogens (tertiary/aromatic N) is 1. The second-order valence-corrected chi connectivity index (χ2v) is 3.28. The lowest BCUT2D eigenvalue weighted by atomic mass is 10.2. The molecule has 4 heteroatoms. The molecule has 0 unspecified atom stereocenters. The Kier molecular flexibility index (Phi) is 3.66. The molecule has 0 aliphatic rings. The van der Waals surface area contributed by atoms with Crippen molar-refractivity contribution < 1.29 is 14.3 Å². The summed E-state index contributed by atoms with van der Waals surface area (Å²) in [6.45, 7) is 4.04. The molecule has 1 aromatic carbocycles. The minimum Gasteiger partial charge on any atom is -0.480 e. The predicted octanol–water partition coefficient (Wildman–Crippen LogP) is 2.13. The highest BCUT2D eigenvalue weighted by Gasteiger charge is 2.19. The third kappa shape index (κ3) is 2.68. The molecule has 0 heterocycles. The van der Waals surface area contributed by atoms with Gasteiger partial charge in [-0.2, -0.15) is 0 Å². The minimum atomic E-state index is -0.888. The standard InChI is InChI=1S/C11H14FNO2/c1-3-13(8(2)11(14)15)10-6-4-9(12)5-7-10/h4-8H,3H2,1-2H3,(H,14,15)/t8-/m0/s1. The maximum Gasteiger partial charge on any atom is 0.326 e. The number of hydrogen-bond acceptors (Lipinski definition) is 2. The van der Waals surface area contributed by atoms with Crippen LogP contribution >= 0.6 is 0 Å². The molecule has 15 heavy (non-hydrogen) atoms. The van der Waals surface area contributed by atoms with E-state index in [4.69, 9.17) is 5.11 Å². The van der Waals surface area contributed by atoms with Crippen LogP contribution in [0, 0.1) is 5.82 Å². The van der Waals surface area contributed by atoms with Crippen molar-refractivity contribution in [2.75, 3.05) is 11.4 Å². The molecular weight excluding hydrogens is 197 g/mol. The van der Waals surface area contributed by atoms with E-state index in [1.165, 1.54) is 12.1 Å². The molecule has 82 valence electrons. The topological polar surface area (TPSA) is 40.5 Å². The van der Waals surface area contributed by atoms with E-state index in [2.05, 4.69) is 0 Å². The summed E-state index contributed by atoms with van der Waals surface area (Å²) in [5.74, 6) is -1.21. The molecule has 0 aliphatic heterocycles. The Morgan fingerprint density at radius 2 is 2.00 bits per heavy atom. The smallest absolute Gasteiger partial charge is 0.326 e. The zero-order valence-corrected chi connectivity index (χ0v) is 8.77. The van der Waals surface area contributed by atoms with Gasteiger partial charge in [0.05, 0.1) is 0 Å². The number of rotatable bonds is 4. The van der Waals surface area contributed by atoms with E-state index in [1.807, 2.05) is 6.92 Å². The van der Waals surface area contributed by atoms with E-state index in [1.54, 1.807) is 24.0 Å². The molecule has 0 aliphatic carbocycles. The molecule has 3 nitrogen and oxygen atoms in total. The average molecular weight is 211 g/mol. The highest BCUT2D eigenvalue weighted by atomic mass is 19.1. The van der Waals surface area contributed by atoms with Gasteiger partial charge in [-0.15, -0.1) is 0 Å². The summed E-state index contributed by atoms with van der Waals surface area (Å²) in [5, 5.41) is 8.88. The predicted molar refractivity (Wildman–Crippen MR) is 56.5 cm³/mol. The molecule has 0 radical (unpaired) electrons. The first-order valence-electron chi connectivity index (χ1n) is 4.81. The van der Waals surface area contributed by atoms with Gasteiger partial charge in [-0.3, -0.25) is 0 Å². The van der Waals surface area contributed by atoms with Gasteiger partial charge >= 0.3 is 5.97 Å². The number of halogens is 1. The summed E-state index contributed by atoms with van der Waals surface area (Å²) in [7, 11) is 0. The molecule has 1 rings (SSSR count). The number of aliphatic carboxylic acids is 1. The normalized spacial score (nSPS) is 12.2. The summed E-state index contributed by atoms with van der Waals surface area (Å²) in [5.41, 5.74) is 0.716. The van der Waals surface area contributed by atoms with Crippen LogP contribution in [0.1, 0.15) is 13.8 Å². The average Bonchev–Trinajstić information content (AvgIpc) is 2.21. The Morgan fingerprint density at radius 1 is 1.47 bits per heavy atom. The molecular formula is C11H14FNO2. The number of carbonyl (C=O) groups is 1. The van der Waals surface area contributed by atoms with Crippen molar-refractivity contribution in [1.29, 1.82) is 0 Å². The fourth-order valence-electron chi connectivity index (χ4n) is 1.45. The lowest BCUT2D eigenvalue weighted by molar-refractivity contribution is -0.138. The van der Waals surface area contributed by atoms with Crippen LogP contribution in [0.3, 0.4) is 0 Å². The number of benzene rings is 1. The lowest BCUT2D eigenvalue weighted by Gasteiger charge is -2.27. The van der Waals surface area contributed by atoms with Crippen LogP contribution in [0.2, 0.25) is 0 Å². The molecule has 0 fully saturated rings. The van der Waals surface area contributed by atoms with Crippen molar-refractivity contribution in [2.45, 2.75) is 19.9 Å². The molecule has 0 aromatic heterocycles. The van der Waals surface area contributed by atoms with Crippen LogP contribution in [0.15, 0.2) is 24.3 Å². The van der Waals surface area contributed by atoms with Gasteiger partial charge in [0, 0.05) is 12.2 Å². The SMILES string of the molecule is CCN(c1ccc(F)cc1)[C@@H](C)C(=O)O. The molecule has 0 amide bonds. The first-order chi connectivity index (χ1) is 7.06. The molecule has 0 saturated heterocycles. The summed E-state index contributed by atoms with van der Waals surface area (Å²) < 4.78 is 12.7. The second-order valence-electron chi connectivity index (χ2n) is 3.28. The van der Waals surface area contributed by atoms with E-state index in [0.29, 0.717) is 12.2 Å². The Balaban J connectivity index is 2.92. The third-order valence-electron chi connectivity index (χ3n) is 2.32. The monoisotopic (exact) mass is 211 g/mol. The van der Waals surface area contributed by atoms with Gasteiger partial charge in [-0.25, -0.2) is 9.18 Å². The van der Waals surface area contributed by atoms with E-state index >= 15 is 0 Å². The summed E-state index contributed by atoms with van der Waals surface area (Å²) in [4.78, 5) is 12.5. The number of carboxylic acids is 1. The highest BCUT2D eigenvalue weighted by molar-refractivity contribution is 5.77. The summed E-state index contributed by atoms with van der Waals surface area (Å²) in [6, 6.07) is 5.20. The zero-order chi connectivity index (χ0) is 11.4. The first-order valence-corrected chi connectivity index (χ1v) is 4.81. The third-order valence-corrected chi connectivity index (χ3v) is 2.32. The van der Waals surface area contributed by atoms with Crippen molar-refractivity contribution in [3.8, 4) is 0 Å². The van der Waals surface area contributed by atoms with Crippen LogP contribution < -0.4 is 4.90 Å². The Morgan fingerprint density at radius 3 is 2.40 bits per heavy atom. The maximum absolute atomic E-state index is 12.7. The molecule has 1 aromatic rings. The quantitative estimate of drug-likeness (QED) is 0.829. The van der Waals surface area contributed by atoms with Crippen molar-refractivity contribution >= 4 is 11.7 Å². The first kappa shape index (κ1) is 11.5. The molecule has 1 N–H and O–H groups in total. The van der Waals surface area contributed by atoms with Crippen LogP contribution in [0.4, 0.5) is 10.1 Å². The fourth-order valence-corrected chi connectivity index (χ4v) is 1.45. The summed E-state index contributed by atoms with van der Waals surface area (Å²) >= 11 is 0. The second kappa shape index (κ2) is 4.77. The van der Waals surface area contributed by atoms with Gasteiger partial charge in [-0.1, -0.05) is 0 Å². The van der Waals surface area contributed by atoms with Gasteiger partial charge in [0.1, 0.15) is 11.9 Å². The number of hydrogen-bond donors (Lipinski definition) is 1. The van der Waals surface area contributed by atoms with Gasteiger partial charge < -0.3 is 10.0 Å². The van der Waals surface area contributed by atoms with Crippen molar-refractivity contribution in [1.82, 2.24) is 0 Å². The minimum absolute atomic E-state index is 0.321. The maximum atomic E-state index is 12.7. The lowest BCUT2D eigenvalue weighted by Crippen LogP contribution is -2.38. The highest BCUT2D eigenvalue weighted by Crippen LogP contribution is 2.17. The van der Waals surface area contributed by atoms with Crippen molar-refractivity contribution in [3.63, 3.8) is 0 Å². The van der Waals surface area contributed by atoms with Crippen molar-refractivity contribution in [2.24, 2.45) is 0 Å². The zero-order valence-electron chi connectivity index (χ0n) is 8.77. The number of likely N-dealkylation sites (N-methyl/N-ethyl adjacent to an activating group) is 1. The Labute approximate surface area is 88.1 Å². The van der Waals surface area contributed by atoms with Gasteiger partial charge in [-0.05, 0) is 38.1 Å². The molecule has 0 saturated carbocycles. The van der Waals surface area contributed by atoms with Gasteiger partial charge in [0.25, 0.3) is 0 Å². The molecule has 1 atom stereocenters. The summed E-state index contributed by atoms with van der Waals surface area (Å²) in [6.07, 6.45) is 0.